The Morgan fingerprint density at radius 1 is 1.36 bits per heavy atom. The molecule has 78 valence electrons. The molecule has 0 radical (unpaired) electrons. The number of hydrogen-bond acceptors (Lipinski definition) is 5. The predicted octanol–water partition coefficient (Wildman–Crippen LogP) is 1.85. The van der Waals surface area contributed by atoms with Crippen LogP contribution >= 0.6 is 0 Å². The minimum atomic E-state index is 0.293. The Hall–Kier alpha value is -1.59. The van der Waals surface area contributed by atoms with Crippen LogP contribution < -0.4 is 11.5 Å². The Labute approximate surface area is 82.8 Å². The lowest BCUT2D eigenvalue weighted by molar-refractivity contribution is 0.713. The minimum absolute atomic E-state index is 0.293. The molecule has 0 aliphatic rings. The van der Waals surface area contributed by atoms with Crippen LogP contribution in [0.5, 0.6) is 0 Å². The fourth-order valence-corrected chi connectivity index (χ4v) is 1.02. The van der Waals surface area contributed by atoms with E-state index in [-0.39, 0.29) is 0 Å². The molecule has 0 atom stereocenters. The monoisotopic (exact) mass is 196 g/mol. The van der Waals surface area contributed by atoms with E-state index in [4.69, 9.17) is 11.5 Å². The molecule has 6 nitrogen and oxygen atoms in total. The number of H-pyrrole nitrogens is 1. The van der Waals surface area contributed by atoms with Crippen molar-refractivity contribution in [3.63, 3.8) is 0 Å². The van der Waals surface area contributed by atoms with Crippen LogP contribution in [0.1, 0.15) is 26.2 Å². The fourth-order valence-electron chi connectivity index (χ4n) is 1.02. The van der Waals surface area contributed by atoms with Gasteiger partial charge in [-0.3, -0.25) is 5.10 Å². The molecule has 0 bridgehead atoms. The summed E-state index contributed by atoms with van der Waals surface area (Å²) < 4.78 is 0. The van der Waals surface area contributed by atoms with Crippen molar-refractivity contribution >= 4 is 17.3 Å². The summed E-state index contributed by atoms with van der Waals surface area (Å²) in [7, 11) is 0. The smallest absolute Gasteiger partial charge is 0.175 e. The third-order valence-electron chi connectivity index (χ3n) is 1.83. The van der Waals surface area contributed by atoms with Gasteiger partial charge < -0.3 is 11.5 Å². The van der Waals surface area contributed by atoms with Gasteiger partial charge in [-0.1, -0.05) is 19.8 Å². The van der Waals surface area contributed by atoms with E-state index in [0.717, 1.165) is 12.8 Å². The third-order valence-corrected chi connectivity index (χ3v) is 1.83. The van der Waals surface area contributed by atoms with E-state index in [1.807, 2.05) is 0 Å². The largest absolute Gasteiger partial charge is 0.382 e. The number of nitrogen functional groups attached to an aromatic ring is 2. The lowest BCUT2D eigenvalue weighted by atomic mass is 10.3. The first-order valence-electron chi connectivity index (χ1n) is 4.72. The number of nitrogens with one attached hydrogen (secondary N) is 1. The minimum Gasteiger partial charge on any atom is -0.382 e. The summed E-state index contributed by atoms with van der Waals surface area (Å²) in [6.07, 6.45) is 3.37. The summed E-state index contributed by atoms with van der Waals surface area (Å²) in [5.41, 5.74) is 11.5. The predicted molar refractivity (Wildman–Crippen MR) is 56.3 cm³/mol. The topological polar surface area (TPSA) is 105 Å². The molecule has 14 heavy (non-hydrogen) atoms. The van der Waals surface area contributed by atoms with Crippen LogP contribution in [0, 0.1) is 0 Å². The molecule has 0 saturated carbocycles. The summed E-state index contributed by atoms with van der Waals surface area (Å²) in [6, 6.07) is 0. The Morgan fingerprint density at radius 2 is 2.14 bits per heavy atom. The van der Waals surface area contributed by atoms with E-state index < -0.39 is 0 Å². The number of unbranched alkanes of at least 4 members (excludes halogenated alkanes) is 2. The number of aromatic amines is 1. The average molecular weight is 196 g/mol. The molecule has 0 aromatic carbocycles. The maximum atomic E-state index is 5.53. The highest BCUT2D eigenvalue weighted by atomic mass is 15.2. The van der Waals surface area contributed by atoms with Crippen LogP contribution in [0.4, 0.5) is 17.3 Å². The molecule has 0 saturated heterocycles. The Balaban J connectivity index is 2.43. The molecular weight excluding hydrogens is 180 g/mol. The lowest BCUT2D eigenvalue weighted by Gasteiger charge is -1.92. The molecule has 1 aromatic rings. The van der Waals surface area contributed by atoms with Crippen LogP contribution in [-0.4, -0.2) is 16.7 Å². The maximum absolute atomic E-state index is 5.53. The first-order chi connectivity index (χ1) is 6.75. The molecule has 1 rings (SSSR count). The van der Waals surface area contributed by atoms with E-state index in [9.17, 15) is 0 Å². The Morgan fingerprint density at radius 3 is 2.71 bits per heavy atom. The molecule has 0 fully saturated rings. The molecule has 0 unspecified atom stereocenters. The van der Waals surface area contributed by atoms with Gasteiger partial charge in [0, 0.05) is 0 Å². The van der Waals surface area contributed by atoms with Crippen molar-refractivity contribution in [1.82, 2.24) is 10.2 Å². The first kappa shape index (κ1) is 10.5. The van der Waals surface area contributed by atoms with Gasteiger partial charge in [-0.15, -0.1) is 5.11 Å². The van der Waals surface area contributed by atoms with Crippen molar-refractivity contribution < 1.29 is 0 Å². The fraction of sp³-hybridized carbons (Fsp3) is 0.625. The zero-order valence-electron chi connectivity index (χ0n) is 8.32. The van der Waals surface area contributed by atoms with E-state index in [0.29, 0.717) is 23.9 Å². The van der Waals surface area contributed by atoms with Gasteiger partial charge in [-0.05, 0) is 6.42 Å². The van der Waals surface area contributed by atoms with E-state index >= 15 is 0 Å². The van der Waals surface area contributed by atoms with Gasteiger partial charge in [0.1, 0.15) is 5.82 Å². The normalized spacial score (nSPS) is 11.2. The molecule has 0 aliphatic carbocycles. The Kier molecular flexibility index (Phi) is 3.90. The van der Waals surface area contributed by atoms with Crippen LogP contribution in [0.3, 0.4) is 0 Å². The van der Waals surface area contributed by atoms with Crippen molar-refractivity contribution in [3.05, 3.63) is 0 Å². The molecule has 5 N–H and O–H groups in total. The van der Waals surface area contributed by atoms with E-state index in [2.05, 4.69) is 27.3 Å². The summed E-state index contributed by atoms with van der Waals surface area (Å²) >= 11 is 0. The number of nitrogens with two attached hydrogens (primary N) is 2. The number of aromatic nitrogens is 2. The van der Waals surface area contributed by atoms with Gasteiger partial charge in [-0.25, -0.2) is 0 Å². The van der Waals surface area contributed by atoms with Crippen molar-refractivity contribution in [2.24, 2.45) is 10.2 Å². The highest BCUT2D eigenvalue weighted by Crippen LogP contribution is 2.25. The number of nitrogens with zero attached hydrogens (tertiary/aromatic N) is 3. The SMILES string of the molecule is CCCCC/N=N/c1c(N)n[nH]c1N. The van der Waals surface area contributed by atoms with Gasteiger partial charge in [0.15, 0.2) is 11.5 Å². The number of hydrogen-bond donors (Lipinski definition) is 3. The van der Waals surface area contributed by atoms with Crippen molar-refractivity contribution in [1.29, 1.82) is 0 Å². The van der Waals surface area contributed by atoms with Crippen LogP contribution in [0.25, 0.3) is 0 Å². The molecule has 0 amide bonds. The summed E-state index contributed by atoms with van der Waals surface area (Å²) in [6.45, 7) is 2.85. The van der Waals surface area contributed by atoms with Gasteiger partial charge in [0.25, 0.3) is 0 Å². The second-order valence-electron chi connectivity index (χ2n) is 3.04. The molecular formula is C8H16N6. The molecule has 1 heterocycles. The van der Waals surface area contributed by atoms with Crippen LogP contribution in [-0.2, 0) is 0 Å². The second-order valence-corrected chi connectivity index (χ2v) is 3.04. The quantitative estimate of drug-likeness (QED) is 0.494. The van der Waals surface area contributed by atoms with Gasteiger partial charge in [-0.2, -0.15) is 10.2 Å². The lowest BCUT2D eigenvalue weighted by Crippen LogP contribution is -1.85. The number of anilines is 2. The number of rotatable bonds is 5. The molecule has 1 aromatic heterocycles. The van der Waals surface area contributed by atoms with Gasteiger partial charge in [0.2, 0.25) is 0 Å². The molecule has 6 heteroatoms. The highest BCUT2D eigenvalue weighted by molar-refractivity contribution is 5.69. The zero-order valence-corrected chi connectivity index (χ0v) is 8.32. The van der Waals surface area contributed by atoms with Crippen LogP contribution in [0.15, 0.2) is 10.2 Å². The Bertz CT molecular complexity index is 283. The maximum Gasteiger partial charge on any atom is 0.175 e. The summed E-state index contributed by atoms with van der Waals surface area (Å²) in [4.78, 5) is 0. The zero-order chi connectivity index (χ0) is 10.4. The van der Waals surface area contributed by atoms with Crippen molar-refractivity contribution in [3.8, 4) is 0 Å². The van der Waals surface area contributed by atoms with Gasteiger partial charge >= 0.3 is 0 Å². The summed E-state index contributed by atoms with van der Waals surface area (Å²) in [5.74, 6) is 0.656. The van der Waals surface area contributed by atoms with Crippen molar-refractivity contribution in [2.45, 2.75) is 26.2 Å². The molecule has 0 aliphatic heterocycles. The third kappa shape index (κ3) is 2.72. The van der Waals surface area contributed by atoms with E-state index in [1.54, 1.807) is 0 Å². The average Bonchev–Trinajstić information content (AvgIpc) is 2.48. The summed E-state index contributed by atoms with van der Waals surface area (Å²) in [5, 5.41) is 14.1. The van der Waals surface area contributed by atoms with E-state index in [1.165, 1.54) is 6.42 Å². The standard InChI is InChI=1S/C8H16N6/c1-2-3-4-5-11-12-6-7(9)13-14-8(6)10/h2-5H2,1H3,(H5,9,10,13,14)/b12-11+. The van der Waals surface area contributed by atoms with Gasteiger partial charge in [0.05, 0.1) is 6.54 Å². The number of azo groups is 1. The van der Waals surface area contributed by atoms with Crippen molar-refractivity contribution in [2.75, 3.05) is 18.0 Å². The first-order valence-corrected chi connectivity index (χ1v) is 4.72. The highest BCUT2D eigenvalue weighted by Gasteiger charge is 2.05. The van der Waals surface area contributed by atoms with Crippen LogP contribution in [0.2, 0.25) is 0 Å². The second kappa shape index (κ2) is 5.21. The molecule has 0 spiro atoms.